The van der Waals surface area contributed by atoms with Gasteiger partial charge in [-0.25, -0.2) is 18.2 Å². The molecule has 0 atom stereocenters. The standard InChI is InChI=1S/C11H15NO4S/c1-6(2)17(15,16)10-9(11(13)14)5-7(3)8(4)12-10/h5-6H,1-4H3,(H,13,14). The average molecular weight is 257 g/mol. The highest BCUT2D eigenvalue weighted by Crippen LogP contribution is 2.21. The minimum absolute atomic E-state index is 0.262. The molecule has 94 valence electrons. The highest BCUT2D eigenvalue weighted by Gasteiger charge is 2.27. The number of rotatable bonds is 3. The molecule has 0 amide bonds. The number of aromatic nitrogens is 1. The third-order valence-electron chi connectivity index (χ3n) is 2.55. The molecular weight excluding hydrogens is 242 g/mol. The van der Waals surface area contributed by atoms with E-state index >= 15 is 0 Å². The molecule has 0 aliphatic carbocycles. The van der Waals surface area contributed by atoms with E-state index in [4.69, 9.17) is 5.11 Å². The van der Waals surface area contributed by atoms with Crippen LogP contribution < -0.4 is 0 Å². The van der Waals surface area contributed by atoms with Gasteiger partial charge in [0.25, 0.3) is 0 Å². The zero-order valence-corrected chi connectivity index (χ0v) is 11.0. The van der Waals surface area contributed by atoms with Gasteiger partial charge in [-0.05, 0) is 39.3 Å². The lowest BCUT2D eigenvalue weighted by Crippen LogP contribution is -2.20. The van der Waals surface area contributed by atoms with Crippen molar-refractivity contribution in [3.63, 3.8) is 0 Å². The fraction of sp³-hybridized carbons (Fsp3) is 0.455. The van der Waals surface area contributed by atoms with E-state index in [2.05, 4.69) is 4.98 Å². The molecule has 0 aromatic carbocycles. The number of sulfone groups is 1. The molecule has 0 radical (unpaired) electrons. The molecule has 0 spiro atoms. The van der Waals surface area contributed by atoms with Gasteiger partial charge in [0, 0.05) is 5.69 Å². The van der Waals surface area contributed by atoms with Gasteiger partial charge < -0.3 is 5.11 Å². The Morgan fingerprint density at radius 3 is 2.29 bits per heavy atom. The second kappa shape index (κ2) is 4.44. The summed E-state index contributed by atoms with van der Waals surface area (Å²) in [6, 6.07) is 1.35. The van der Waals surface area contributed by atoms with Crippen LogP contribution in [0.4, 0.5) is 0 Å². The fourth-order valence-electron chi connectivity index (χ4n) is 1.28. The third kappa shape index (κ3) is 2.46. The van der Waals surface area contributed by atoms with Crippen LogP contribution in [0.2, 0.25) is 0 Å². The van der Waals surface area contributed by atoms with E-state index in [1.165, 1.54) is 19.9 Å². The zero-order valence-electron chi connectivity index (χ0n) is 10.2. The summed E-state index contributed by atoms with van der Waals surface area (Å²) in [6.45, 7) is 6.34. The van der Waals surface area contributed by atoms with Gasteiger partial charge in [0.15, 0.2) is 14.9 Å². The lowest BCUT2D eigenvalue weighted by molar-refractivity contribution is 0.0691. The summed E-state index contributed by atoms with van der Waals surface area (Å²) in [5, 5.41) is 7.98. The van der Waals surface area contributed by atoms with Gasteiger partial charge in [-0.3, -0.25) is 0 Å². The Kier molecular flexibility index (Phi) is 3.56. The lowest BCUT2D eigenvalue weighted by Gasteiger charge is -2.11. The predicted octanol–water partition coefficient (Wildman–Crippen LogP) is 1.58. The Morgan fingerprint density at radius 2 is 1.88 bits per heavy atom. The Labute approximate surface area is 100 Å². The quantitative estimate of drug-likeness (QED) is 0.888. The monoisotopic (exact) mass is 257 g/mol. The Bertz CT molecular complexity index is 561. The maximum absolute atomic E-state index is 12.0. The topological polar surface area (TPSA) is 84.3 Å². The van der Waals surface area contributed by atoms with Crippen molar-refractivity contribution in [3.8, 4) is 0 Å². The second-order valence-electron chi connectivity index (χ2n) is 4.14. The molecular formula is C11H15NO4S. The number of pyridine rings is 1. The van der Waals surface area contributed by atoms with Gasteiger partial charge in [-0.1, -0.05) is 0 Å². The maximum atomic E-state index is 12.0. The van der Waals surface area contributed by atoms with Crippen LogP contribution in [-0.2, 0) is 9.84 Å². The van der Waals surface area contributed by atoms with Crippen molar-refractivity contribution < 1.29 is 18.3 Å². The van der Waals surface area contributed by atoms with Gasteiger partial charge in [-0.15, -0.1) is 0 Å². The van der Waals surface area contributed by atoms with E-state index in [1.54, 1.807) is 13.8 Å². The van der Waals surface area contributed by atoms with E-state index in [9.17, 15) is 13.2 Å². The van der Waals surface area contributed by atoms with Crippen molar-refractivity contribution in [3.05, 3.63) is 22.9 Å². The number of hydrogen-bond donors (Lipinski definition) is 1. The van der Waals surface area contributed by atoms with E-state index in [0.29, 0.717) is 11.3 Å². The molecule has 0 aliphatic rings. The lowest BCUT2D eigenvalue weighted by atomic mass is 10.2. The molecule has 0 saturated heterocycles. The van der Waals surface area contributed by atoms with Crippen LogP contribution in [0.25, 0.3) is 0 Å². The first kappa shape index (κ1) is 13.6. The number of nitrogens with zero attached hydrogens (tertiary/aromatic N) is 1. The first-order valence-electron chi connectivity index (χ1n) is 5.13. The first-order chi connectivity index (χ1) is 7.67. The molecule has 1 heterocycles. The molecule has 0 fully saturated rings. The molecule has 1 aromatic heterocycles. The Balaban J connectivity index is 3.64. The van der Waals surface area contributed by atoms with Crippen molar-refractivity contribution in [2.24, 2.45) is 0 Å². The maximum Gasteiger partial charge on any atom is 0.338 e. The highest BCUT2D eigenvalue weighted by molar-refractivity contribution is 7.92. The van der Waals surface area contributed by atoms with Crippen LogP contribution >= 0.6 is 0 Å². The van der Waals surface area contributed by atoms with Crippen molar-refractivity contribution >= 4 is 15.8 Å². The summed E-state index contributed by atoms with van der Waals surface area (Å²) < 4.78 is 24.0. The van der Waals surface area contributed by atoms with E-state index < -0.39 is 21.1 Å². The normalized spacial score (nSPS) is 11.8. The van der Waals surface area contributed by atoms with Crippen LogP contribution in [0.1, 0.15) is 35.5 Å². The largest absolute Gasteiger partial charge is 0.478 e. The van der Waals surface area contributed by atoms with Gasteiger partial charge in [-0.2, -0.15) is 0 Å². The van der Waals surface area contributed by atoms with E-state index in [-0.39, 0.29) is 10.6 Å². The molecule has 1 N–H and O–H groups in total. The van der Waals surface area contributed by atoms with Crippen molar-refractivity contribution in [1.82, 2.24) is 4.98 Å². The summed E-state index contributed by atoms with van der Waals surface area (Å²) in [6.07, 6.45) is 0. The SMILES string of the molecule is Cc1cc(C(=O)O)c(S(=O)(=O)C(C)C)nc1C. The summed E-state index contributed by atoms with van der Waals surface area (Å²) in [7, 11) is -3.68. The molecule has 0 aliphatic heterocycles. The van der Waals surface area contributed by atoms with Gasteiger partial charge >= 0.3 is 5.97 Å². The van der Waals surface area contributed by atoms with Crippen LogP contribution in [0.5, 0.6) is 0 Å². The smallest absolute Gasteiger partial charge is 0.338 e. The van der Waals surface area contributed by atoms with Crippen LogP contribution in [0.3, 0.4) is 0 Å². The molecule has 0 bridgehead atoms. The third-order valence-corrected chi connectivity index (χ3v) is 4.64. The molecule has 1 aromatic rings. The number of hydrogen-bond acceptors (Lipinski definition) is 4. The van der Waals surface area contributed by atoms with Crippen LogP contribution in [0, 0.1) is 13.8 Å². The van der Waals surface area contributed by atoms with Crippen molar-refractivity contribution in [2.45, 2.75) is 38.0 Å². The van der Waals surface area contributed by atoms with Crippen molar-refractivity contribution in [1.29, 1.82) is 0 Å². The fourth-order valence-corrected chi connectivity index (χ4v) is 2.44. The van der Waals surface area contributed by atoms with Crippen LogP contribution in [-0.4, -0.2) is 29.7 Å². The number of aryl methyl sites for hydroxylation is 2. The molecule has 6 heteroatoms. The van der Waals surface area contributed by atoms with Gasteiger partial charge in [0.1, 0.15) is 0 Å². The zero-order chi connectivity index (χ0) is 13.4. The number of aromatic carboxylic acids is 1. The van der Waals surface area contributed by atoms with Crippen LogP contribution in [0.15, 0.2) is 11.1 Å². The molecule has 0 unspecified atom stereocenters. The summed E-state index contributed by atoms with van der Waals surface area (Å²) in [5.74, 6) is -1.28. The molecule has 0 saturated carbocycles. The second-order valence-corrected chi connectivity index (χ2v) is 6.56. The number of carboxylic acid groups (broad SMARTS) is 1. The molecule has 1 rings (SSSR count). The average Bonchev–Trinajstić information content (AvgIpc) is 2.20. The molecule has 5 nitrogen and oxygen atoms in total. The summed E-state index contributed by atoms with van der Waals surface area (Å²) in [5.41, 5.74) is 0.918. The number of carbonyl (C=O) groups is 1. The number of carboxylic acids is 1. The minimum atomic E-state index is -3.68. The first-order valence-corrected chi connectivity index (χ1v) is 6.68. The summed E-state index contributed by atoms with van der Waals surface area (Å²) >= 11 is 0. The van der Waals surface area contributed by atoms with Crippen molar-refractivity contribution in [2.75, 3.05) is 0 Å². The molecule has 17 heavy (non-hydrogen) atoms. The van der Waals surface area contributed by atoms with Gasteiger partial charge in [0.05, 0.1) is 10.8 Å². The summed E-state index contributed by atoms with van der Waals surface area (Å²) in [4.78, 5) is 15.0. The van der Waals surface area contributed by atoms with E-state index in [0.717, 1.165) is 0 Å². The van der Waals surface area contributed by atoms with E-state index in [1.807, 2.05) is 0 Å². The Morgan fingerprint density at radius 1 is 1.35 bits per heavy atom. The predicted molar refractivity (Wildman–Crippen MR) is 63.0 cm³/mol. The highest BCUT2D eigenvalue weighted by atomic mass is 32.2. The Hall–Kier alpha value is -1.43. The van der Waals surface area contributed by atoms with Gasteiger partial charge in [0.2, 0.25) is 0 Å². The minimum Gasteiger partial charge on any atom is -0.478 e.